The molecule has 2 N–H and O–H groups in total. The molecule has 6 atom stereocenters. The van der Waals surface area contributed by atoms with Gasteiger partial charge in [-0.25, -0.2) is 9.59 Å². The van der Waals surface area contributed by atoms with E-state index in [4.69, 9.17) is 37.5 Å². The second-order valence-corrected chi connectivity index (χ2v) is 9.91. The van der Waals surface area contributed by atoms with E-state index >= 15 is 0 Å². The first kappa shape index (κ1) is 25.0. The summed E-state index contributed by atoms with van der Waals surface area (Å²) in [6.45, 7) is 0.563. The van der Waals surface area contributed by atoms with Crippen LogP contribution in [0.15, 0.2) is 48.5 Å². The fourth-order valence-electron chi connectivity index (χ4n) is 5.75. The monoisotopic (exact) mass is 499 g/mol. The van der Waals surface area contributed by atoms with Gasteiger partial charge in [-0.2, -0.15) is 0 Å². The number of carbonyl (C=O) groups is 2. The van der Waals surface area contributed by atoms with Crippen molar-refractivity contribution >= 4 is 11.9 Å². The highest BCUT2D eigenvalue weighted by atomic mass is 16.6. The molecule has 2 aromatic rings. The molecule has 2 heterocycles. The predicted molar refractivity (Wildman–Crippen MR) is 135 cm³/mol. The third kappa shape index (κ3) is 5.40. The first-order valence-electron chi connectivity index (χ1n) is 12.5. The van der Waals surface area contributed by atoms with E-state index < -0.39 is 11.9 Å². The number of hydrogen-bond donors (Lipinski definition) is 1. The molecule has 0 radical (unpaired) electrons. The van der Waals surface area contributed by atoms with Crippen molar-refractivity contribution in [2.75, 3.05) is 13.2 Å². The van der Waals surface area contributed by atoms with Crippen LogP contribution in [0.3, 0.4) is 0 Å². The van der Waals surface area contributed by atoms with E-state index in [1.54, 1.807) is 48.5 Å². The lowest BCUT2D eigenvalue weighted by Gasteiger charge is -2.50. The Bertz CT molecular complexity index is 1160. The van der Waals surface area contributed by atoms with E-state index in [-0.39, 0.29) is 55.5 Å². The molecule has 7 nitrogen and oxygen atoms in total. The SMILES string of the molecule is C#Cc1cccc(C(=O)OC2COC3C(C2)CC2CC(OC(=O)c4cccc(C#C)c4)COC2C3N)c1. The van der Waals surface area contributed by atoms with Gasteiger partial charge in [0.2, 0.25) is 0 Å². The zero-order chi connectivity index (χ0) is 25.9. The van der Waals surface area contributed by atoms with Crippen LogP contribution < -0.4 is 5.73 Å². The highest BCUT2D eigenvalue weighted by molar-refractivity contribution is 5.90. The van der Waals surface area contributed by atoms with Crippen molar-refractivity contribution in [2.24, 2.45) is 17.6 Å². The fourth-order valence-corrected chi connectivity index (χ4v) is 5.75. The smallest absolute Gasteiger partial charge is 0.338 e. The van der Waals surface area contributed by atoms with Crippen LogP contribution >= 0.6 is 0 Å². The molecule has 0 aromatic heterocycles. The maximum Gasteiger partial charge on any atom is 0.338 e. The summed E-state index contributed by atoms with van der Waals surface area (Å²) in [5.74, 6) is 4.40. The summed E-state index contributed by atoms with van der Waals surface area (Å²) < 4.78 is 23.7. The van der Waals surface area contributed by atoms with E-state index in [9.17, 15) is 9.59 Å². The van der Waals surface area contributed by atoms with Crippen LogP contribution in [0.1, 0.15) is 51.1 Å². The Morgan fingerprint density at radius 2 is 1.24 bits per heavy atom. The molecule has 7 heteroatoms. The average Bonchev–Trinajstić information content (AvgIpc) is 2.93. The maximum atomic E-state index is 12.7. The van der Waals surface area contributed by atoms with Crippen molar-refractivity contribution in [2.45, 2.75) is 49.7 Å². The zero-order valence-electron chi connectivity index (χ0n) is 20.4. The van der Waals surface area contributed by atoms with Crippen LogP contribution in [0.4, 0.5) is 0 Å². The molecule has 0 amide bonds. The van der Waals surface area contributed by atoms with E-state index in [0.29, 0.717) is 35.1 Å². The molecular formula is C30H29NO6. The normalized spacial score (nSPS) is 30.5. The Balaban J connectivity index is 1.20. The largest absolute Gasteiger partial charge is 0.456 e. The van der Waals surface area contributed by atoms with Crippen molar-refractivity contribution < 1.29 is 28.5 Å². The molecule has 5 rings (SSSR count). The first-order valence-corrected chi connectivity index (χ1v) is 12.5. The Morgan fingerprint density at radius 3 is 1.68 bits per heavy atom. The highest BCUT2D eigenvalue weighted by Crippen LogP contribution is 2.42. The van der Waals surface area contributed by atoms with Crippen molar-refractivity contribution in [1.82, 2.24) is 0 Å². The van der Waals surface area contributed by atoms with E-state index in [2.05, 4.69) is 11.8 Å². The van der Waals surface area contributed by atoms with Crippen LogP contribution in [0.25, 0.3) is 0 Å². The van der Waals surface area contributed by atoms with Gasteiger partial charge in [0.25, 0.3) is 0 Å². The number of carbonyl (C=O) groups excluding carboxylic acids is 2. The lowest BCUT2D eigenvalue weighted by atomic mass is 9.69. The van der Waals surface area contributed by atoms with E-state index in [1.165, 1.54) is 0 Å². The second-order valence-electron chi connectivity index (χ2n) is 9.91. The summed E-state index contributed by atoms with van der Waals surface area (Å²) in [5.41, 5.74) is 8.65. The molecule has 1 saturated carbocycles. The average molecular weight is 500 g/mol. The van der Waals surface area contributed by atoms with Gasteiger partial charge in [0, 0.05) is 11.1 Å². The highest BCUT2D eigenvalue weighted by Gasteiger charge is 2.50. The van der Waals surface area contributed by atoms with Gasteiger partial charge >= 0.3 is 11.9 Å². The molecule has 2 aliphatic heterocycles. The molecular weight excluding hydrogens is 470 g/mol. The van der Waals surface area contributed by atoms with Crippen LogP contribution in [0.5, 0.6) is 0 Å². The van der Waals surface area contributed by atoms with Gasteiger partial charge in [-0.3, -0.25) is 0 Å². The molecule has 2 aromatic carbocycles. The van der Waals surface area contributed by atoms with Gasteiger partial charge < -0.3 is 24.7 Å². The lowest BCUT2D eigenvalue weighted by molar-refractivity contribution is -0.185. The Labute approximate surface area is 216 Å². The Morgan fingerprint density at radius 1 is 0.784 bits per heavy atom. The molecule has 0 spiro atoms. The topological polar surface area (TPSA) is 97.1 Å². The minimum absolute atomic E-state index is 0.102. The van der Waals surface area contributed by atoms with Crippen molar-refractivity contribution in [3.8, 4) is 24.7 Å². The van der Waals surface area contributed by atoms with Crippen LogP contribution in [-0.4, -0.2) is 55.6 Å². The third-order valence-electron chi connectivity index (χ3n) is 7.45. The number of rotatable bonds is 4. The Kier molecular flexibility index (Phi) is 7.30. The fraction of sp³-hybridized carbons (Fsp3) is 0.400. The Hall–Kier alpha value is -3.62. The van der Waals surface area contributed by atoms with Gasteiger partial charge in [0.1, 0.15) is 12.2 Å². The van der Waals surface area contributed by atoms with Crippen molar-refractivity contribution in [3.63, 3.8) is 0 Å². The quantitative estimate of drug-likeness (QED) is 0.510. The molecule has 3 fully saturated rings. The standard InChI is InChI=1S/C30H29NO6/c1-3-18-7-5-9-20(11-18)29(32)36-24-14-22-13-23-15-25(17-35-28(23)26(31)27(22)34-16-24)37-30(33)21-10-6-8-19(4-2)12-21/h1-2,5-12,22-28H,13-17,31H2. The van der Waals surface area contributed by atoms with Crippen LogP contribution in [-0.2, 0) is 18.9 Å². The van der Waals surface area contributed by atoms with Crippen molar-refractivity contribution in [1.29, 1.82) is 0 Å². The molecule has 2 saturated heterocycles. The van der Waals surface area contributed by atoms with E-state index in [0.717, 1.165) is 6.42 Å². The number of ether oxygens (including phenoxy) is 4. The summed E-state index contributed by atoms with van der Waals surface area (Å²) >= 11 is 0. The van der Waals surface area contributed by atoms with Gasteiger partial charge in [-0.15, -0.1) is 12.8 Å². The van der Waals surface area contributed by atoms with Crippen LogP contribution in [0.2, 0.25) is 0 Å². The number of hydrogen-bond acceptors (Lipinski definition) is 7. The minimum atomic E-state index is -0.427. The van der Waals surface area contributed by atoms with Gasteiger partial charge in [-0.1, -0.05) is 24.0 Å². The van der Waals surface area contributed by atoms with Crippen molar-refractivity contribution in [3.05, 3.63) is 70.8 Å². The number of esters is 2. The first-order chi connectivity index (χ1) is 17.9. The summed E-state index contributed by atoms with van der Waals surface area (Å²) in [6, 6.07) is 13.3. The second kappa shape index (κ2) is 10.8. The number of nitrogens with two attached hydrogens (primary N) is 1. The number of benzene rings is 2. The number of fused-ring (bicyclic) bond motifs is 2. The van der Waals surface area contributed by atoms with Gasteiger partial charge in [0.05, 0.1) is 42.6 Å². The molecule has 190 valence electrons. The third-order valence-corrected chi connectivity index (χ3v) is 7.45. The molecule has 6 unspecified atom stereocenters. The van der Waals surface area contributed by atoms with E-state index in [1.807, 2.05) is 0 Å². The molecule has 3 aliphatic rings. The lowest BCUT2D eigenvalue weighted by Crippen LogP contribution is -2.62. The van der Waals surface area contributed by atoms with Gasteiger partial charge in [-0.05, 0) is 67.5 Å². The predicted octanol–water partition coefficient (Wildman–Crippen LogP) is 2.94. The molecule has 0 bridgehead atoms. The minimum Gasteiger partial charge on any atom is -0.456 e. The maximum absolute atomic E-state index is 12.7. The number of terminal acetylenes is 2. The molecule has 1 aliphatic carbocycles. The summed E-state index contributed by atoms with van der Waals surface area (Å²) in [4.78, 5) is 25.4. The summed E-state index contributed by atoms with van der Waals surface area (Å²) in [5, 5.41) is 0. The zero-order valence-corrected chi connectivity index (χ0v) is 20.4. The van der Waals surface area contributed by atoms with Gasteiger partial charge in [0.15, 0.2) is 0 Å². The summed E-state index contributed by atoms with van der Waals surface area (Å²) in [6.07, 6.45) is 11.8. The summed E-state index contributed by atoms with van der Waals surface area (Å²) in [7, 11) is 0. The molecule has 37 heavy (non-hydrogen) atoms. The van der Waals surface area contributed by atoms with Crippen LogP contribution in [0, 0.1) is 36.5 Å².